The summed E-state index contributed by atoms with van der Waals surface area (Å²) in [6, 6.07) is 4.19. The molecule has 1 aromatic heterocycles. The lowest BCUT2D eigenvalue weighted by Crippen LogP contribution is -2.09. The van der Waals surface area contributed by atoms with Crippen molar-refractivity contribution < 1.29 is 0 Å². The molecule has 2 N–H and O–H groups in total. The van der Waals surface area contributed by atoms with E-state index in [2.05, 4.69) is 40.6 Å². The largest absolute Gasteiger partial charge is 0.324 e. The molecule has 0 aliphatic rings. The van der Waals surface area contributed by atoms with E-state index in [1.807, 2.05) is 12.3 Å². The van der Waals surface area contributed by atoms with Crippen LogP contribution in [0.15, 0.2) is 18.3 Å². The van der Waals surface area contributed by atoms with Crippen LogP contribution in [0.5, 0.6) is 0 Å². The second-order valence-corrected chi connectivity index (χ2v) is 3.91. The van der Waals surface area contributed by atoms with Crippen LogP contribution in [-0.4, -0.2) is 4.98 Å². The lowest BCUT2D eigenvalue weighted by molar-refractivity contribution is 0.636. The molecule has 0 aromatic carbocycles. The summed E-state index contributed by atoms with van der Waals surface area (Å²) in [5, 5.41) is 0. The van der Waals surface area contributed by atoms with Gasteiger partial charge in [-0.05, 0) is 40.6 Å². The van der Waals surface area contributed by atoms with Crippen LogP contribution < -0.4 is 5.73 Å². The molecule has 1 heterocycles. The second-order valence-electron chi connectivity index (χ2n) is 2.81. The minimum atomic E-state index is 0.152. The molecule has 3 heteroatoms. The van der Waals surface area contributed by atoms with Gasteiger partial charge in [0.1, 0.15) is 3.70 Å². The Labute approximate surface area is 86.7 Å². The van der Waals surface area contributed by atoms with Crippen molar-refractivity contribution in [3.05, 3.63) is 27.6 Å². The van der Waals surface area contributed by atoms with Crippen LogP contribution in [0, 0.1) is 3.70 Å². The van der Waals surface area contributed by atoms with Crippen molar-refractivity contribution in [1.82, 2.24) is 4.98 Å². The van der Waals surface area contributed by atoms with E-state index in [1.54, 1.807) is 0 Å². The van der Waals surface area contributed by atoms with Gasteiger partial charge in [-0.2, -0.15) is 0 Å². The van der Waals surface area contributed by atoms with Crippen LogP contribution >= 0.6 is 22.6 Å². The zero-order valence-electron chi connectivity index (χ0n) is 7.13. The normalized spacial score (nSPS) is 12.9. The van der Waals surface area contributed by atoms with Crippen LogP contribution in [0.3, 0.4) is 0 Å². The van der Waals surface area contributed by atoms with E-state index < -0.39 is 0 Å². The SMILES string of the molecule is CCC[C@H](N)c1ccc(I)nc1. The number of hydrogen-bond donors (Lipinski definition) is 1. The quantitative estimate of drug-likeness (QED) is 0.680. The third-order valence-electron chi connectivity index (χ3n) is 1.78. The van der Waals surface area contributed by atoms with Crippen molar-refractivity contribution in [2.45, 2.75) is 25.8 Å². The third-order valence-corrected chi connectivity index (χ3v) is 2.42. The highest BCUT2D eigenvalue weighted by atomic mass is 127. The molecule has 1 rings (SSSR count). The average molecular weight is 276 g/mol. The summed E-state index contributed by atoms with van der Waals surface area (Å²) in [4.78, 5) is 4.19. The van der Waals surface area contributed by atoms with Gasteiger partial charge in [-0.25, -0.2) is 4.98 Å². The Bertz CT molecular complexity index is 233. The summed E-state index contributed by atoms with van der Waals surface area (Å²) in [5.41, 5.74) is 7.05. The van der Waals surface area contributed by atoms with E-state index in [-0.39, 0.29) is 6.04 Å². The molecule has 0 saturated heterocycles. The molecule has 1 atom stereocenters. The fourth-order valence-corrected chi connectivity index (χ4v) is 1.40. The Kier molecular flexibility index (Phi) is 3.94. The number of nitrogens with zero attached hydrogens (tertiary/aromatic N) is 1. The van der Waals surface area contributed by atoms with Crippen molar-refractivity contribution >= 4 is 22.6 Å². The molecule has 0 aliphatic carbocycles. The lowest BCUT2D eigenvalue weighted by Gasteiger charge is -2.09. The molecular formula is C9H13IN2. The summed E-state index contributed by atoms with van der Waals surface area (Å²) in [6.07, 6.45) is 4.01. The summed E-state index contributed by atoms with van der Waals surface area (Å²) < 4.78 is 1.01. The molecule has 0 spiro atoms. The Morgan fingerprint density at radius 3 is 2.83 bits per heavy atom. The van der Waals surface area contributed by atoms with Crippen molar-refractivity contribution in [3.8, 4) is 0 Å². The standard InChI is InChI=1S/C9H13IN2/c1-2-3-8(11)7-4-5-9(10)12-6-7/h4-6,8H,2-3,11H2,1H3/t8-/m0/s1. The van der Waals surface area contributed by atoms with Gasteiger partial charge in [0.2, 0.25) is 0 Å². The first kappa shape index (κ1) is 9.92. The van der Waals surface area contributed by atoms with Crippen molar-refractivity contribution in [3.63, 3.8) is 0 Å². The highest BCUT2D eigenvalue weighted by Crippen LogP contribution is 2.14. The summed E-state index contributed by atoms with van der Waals surface area (Å²) >= 11 is 2.19. The Balaban J connectivity index is 2.68. The van der Waals surface area contributed by atoms with Crippen LogP contribution in [-0.2, 0) is 0 Å². The second kappa shape index (κ2) is 4.77. The van der Waals surface area contributed by atoms with Gasteiger partial charge in [-0.15, -0.1) is 0 Å². The van der Waals surface area contributed by atoms with Gasteiger partial charge in [0.15, 0.2) is 0 Å². The van der Waals surface area contributed by atoms with Crippen molar-refractivity contribution in [2.75, 3.05) is 0 Å². The first-order valence-electron chi connectivity index (χ1n) is 4.11. The maximum atomic E-state index is 5.91. The van der Waals surface area contributed by atoms with Gasteiger partial charge in [0.05, 0.1) is 0 Å². The van der Waals surface area contributed by atoms with E-state index in [9.17, 15) is 0 Å². The fraction of sp³-hybridized carbons (Fsp3) is 0.444. The van der Waals surface area contributed by atoms with Gasteiger partial charge < -0.3 is 5.73 Å². The number of pyridine rings is 1. The molecule has 0 unspecified atom stereocenters. The fourth-order valence-electron chi connectivity index (χ4n) is 1.08. The Morgan fingerprint density at radius 2 is 2.33 bits per heavy atom. The maximum absolute atomic E-state index is 5.91. The van der Waals surface area contributed by atoms with E-state index in [0.29, 0.717) is 0 Å². The van der Waals surface area contributed by atoms with Gasteiger partial charge in [0.25, 0.3) is 0 Å². The van der Waals surface area contributed by atoms with Crippen molar-refractivity contribution in [2.24, 2.45) is 5.73 Å². The summed E-state index contributed by atoms with van der Waals surface area (Å²) in [7, 11) is 0. The van der Waals surface area contributed by atoms with E-state index in [0.717, 1.165) is 22.1 Å². The zero-order valence-corrected chi connectivity index (χ0v) is 9.28. The van der Waals surface area contributed by atoms with E-state index in [1.165, 1.54) is 0 Å². The van der Waals surface area contributed by atoms with Gasteiger partial charge in [-0.3, -0.25) is 0 Å². The molecule has 12 heavy (non-hydrogen) atoms. The van der Waals surface area contributed by atoms with Crippen LogP contribution in [0.1, 0.15) is 31.4 Å². The number of nitrogens with two attached hydrogens (primary N) is 1. The smallest absolute Gasteiger partial charge is 0.101 e. The Morgan fingerprint density at radius 1 is 1.58 bits per heavy atom. The van der Waals surface area contributed by atoms with Gasteiger partial charge in [0, 0.05) is 12.2 Å². The van der Waals surface area contributed by atoms with Crippen LogP contribution in [0.2, 0.25) is 0 Å². The maximum Gasteiger partial charge on any atom is 0.101 e. The minimum Gasteiger partial charge on any atom is -0.324 e. The molecule has 66 valence electrons. The van der Waals surface area contributed by atoms with Crippen LogP contribution in [0.4, 0.5) is 0 Å². The van der Waals surface area contributed by atoms with E-state index in [4.69, 9.17) is 5.73 Å². The topological polar surface area (TPSA) is 38.9 Å². The monoisotopic (exact) mass is 276 g/mol. The highest BCUT2D eigenvalue weighted by Gasteiger charge is 2.03. The van der Waals surface area contributed by atoms with Gasteiger partial charge >= 0.3 is 0 Å². The molecular weight excluding hydrogens is 263 g/mol. The van der Waals surface area contributed by atoms with Crippen LogP contribution in [0.25, 0.3) is 0 Å². The number of hydrogen-bond acceptors (Lipinski definition) is 2. The minimum absolute atomic E-state index is 0.152. The highest BCUT2D eigenvalue weighted by molar-refractivity contribution is 14.1. The summed E-state index contributed by atoms with van der Waals surface area (Å²) in [5.74, 6) is 0. The molecule has 0 amide bonds. The number of aromatic nitrogens is 1. The van der Waals surface area contributed by atoms with Gasteiger partial charge in [-0.1, -0.05) is 19.4 Å². The number of rotatable bonds is 3. The third kappa shape index (κ3) is 2.71. The predicted molar refractivity (Wildman–Crippen MR) is 58.8 cm³/mol. The molecule has 0 saturated carbocycles. The average Bonchev–Trinajstić information content (AvgIpc) is 2.06. The molecule has 0 bridgehead atoms. The molecule has 0 aliphatic heterocycles. The van der Waals surface area contributed by atoms with E-state index >= 15 is 0 Å². The predicted octanol–water partition coefficient (Wildman–Crippen LogP) is 2.49. The number of halogens is 1. The molecule has 2 nitrogen and oxygen atoms in total. The molecule has 1 aromatic rings. The zero-order chi connectivity index (χ0) is 8.97. The molecule has 0 radical (unpaired) electrons. The summed E-state index contributed by atoms with van der Waals surface area (Å²) in [6.45, 7) is 2.14. The van der Waals surface area contributed by atoms with Crippen molar-refractivity contribution in [1.29, 1.82) is 0 Å². The molecule has 0 fully saturated rings. The first-order valence-corrected chi connectivity index (χ1v) is 5.19. The Hall–Kier alpha value is -0.160. The first-order chi connectivity index (χ1) is 5.74. The lowest BCUT2D eigenvalue weighted by atomic mass is 10.1.